The molecule has 0 radical (unpaired) electrons. The average Bonchev–Trinajstić information content (AvgIpc) is 3.43. The number of imidazole rings is 1. The predicted molar refractivity (Wildman–Crippen MR) is 129 cm³/mol. The quantitative estimate of drug-likeness (QED) is 0.341. The van der Waals surface area contributed by atoms with E-state index in [4.69, 9.17) is 14.5 Å². The van der Waals surface area contributed by atoms with E-state index in [1.807, 2.05) is 42.5 Å². The highest BCUT2D eigenvalue weighted by Gasteiger charge is 2.34. The summed E-state index contributed by atoms with van der Waals surface area (Å²) >= 11 is 0. The standard InChI is InChI=1S/C27H26FN3O3/c1-33-22-11-13-23(14-12-22)34-16-4-15-30-25-6-3-2-5-24(25)29-27(30)19-17-26(32)31(18-19)21-9-7-20(28)8-10-21/h2-3,5-14,19H,4,15-18H2,1H3/t19-/m0/s1. The highest BCUT2D eigenvalue weighted by atomic mass is 19.1. The number of aryl methyl sites for hydroxylation is 1. The zero-order chi connectivity index (χ0) is 23.5. The highest BCUT2D eigenvalue weighted by Crippen LogP contribution is 2.33. The Hall–Kier alpha value is -3.87. The third-order valence-corrected chi connectivity index (χ3v) is 6.17. The summed E-state index contributed by atoms with van der Waals surface area (Å²) in [6, 6.07) is 21.6. The molecule has 3 aromatic carbocycles. The highest BCUT2D eigenvalue weighted by molar-refractivity contribution is 5.96. The normalized spacial score (nSPS) is 15.8. The number of nitrogens with zero attached hydrogens (tertiary/aromatic N) is 3. The van der Waals surface area contributed by atoms with Crippen molar-refractivity contribution in [1.29, 1.82) is 0 Å². The van der Waals surface area contributed by atoms with Crippen LogP contribution in [0.25, 0.3) is 11.0 Å². The Labute approximate surface area is 197 Å². The molecule has 1 aliphatic rings. The number of amides is 1. The number of benzene rings is 3. The smallest absolute Gasteiger partial charge is 0.227 e. The molecule has 1 atom stereocenters. The van der Waals surface area contributed by atoms with E-state index in [0.717, 1.165) is 41.3 Å². The average molecular weight is 460 g/mol. The Morgan fingerprint density at radius 2 is 1.74 bits per heavy atom. The number of hydrogen-bond donors (Lipinski definition) is 0. The second kappa shape index (κ2) is 9.55. The molecule has 7 heteroatoms. The summed E-state index contributed by atoms with van der Waals surface area (Å²) in [6.07, 6.45) is 1.17. The summed E-state index contributed by atoms with van der Waals surface area (Å²) in [5.41, 5.74) is 2.68. The summed E-state index contributed by atoms with van der Waals surface area (Å²) < 4.78 is 26.6. The zero-order valence-corrected chi connectivity index (χ0v) is 19.0. The zero-order valence-electron chi connectivity index (χ0n) is 19.0. The van der Waals surface area contributed by atoms with Gasteiger partial charge in [-0.15, -0.1) is 0 Å². The minimum atomic E-state index is -0.314. The minimum absolute atomic E-state index is 0.0260. The van der Waals surface area contributed by atoms with Crippen LogP contribution in [0.1, 0.15) is 24.6 Å². The van der Waals surface area contributed by atoms with Crippen molar-refractivity contribution in [1.82, 2.24) is 9.55 Å². The van der Waals surface area contributed by atoms with E-state index in [1.165, 1.54) is 12.1 Å². The lowest BCUT2D eigenvalue weighted by Gasteiger charge is -2.17. The minimum Gasteiger partial charge on any atom is -0.497 e. The van der Waals surface area contributed by atoms with Crippen LogP contribution in [0.3, 0.4) is 0 Å². The van der Waals surface area contributed by atoms with Crippen molar-refractivity contribution in [2.45, 2.75) is 25.3 Å². The Morgan fingerprint density at radius 3 is 2.50 bits per heavy atom. The van der Waals surface area contributed by atoms with Gasteiger partial charge in [0.25, 0.3) is 0 Å². The molecule has 0 bridgehead atoms. The number of para-hydroxylation sites is 2. The predicted octanol–water partition coefficient (Wildman–Crippen LogP) is 5.17. The van der Waals surface area contributed by atoms with Gasteiger partial charge in [-0.2, -0.15) is 0 Å². The van der Waals surface area contributed by atoms with Crippen molar-refractivity contribution < 1.29 is 18.7 Å². The summed E-state index contributed by atoms with van der Waals surface area (Å²) in [5.74, 6) is 2.18. The van der Waals surface area contributed by atoms with Crippen molar-refractivity contribution in [3.05, 3.63) is 84.4 Å². The van der Waals surface area contributed by atoms with Crippen LogP contribution < -0.4 is 14.4 Å². The van der Waals surface area contributed by atoms with Gasteiger partial charge in [-0.05, 0) is 67.1 Å². The van der Waals surface area contributed by atoms with E-state index in [-0.39, 0.29) is 17.6 Å². The van der Waals surface area contributed by atoms with Crippen LogP contribution in [0.5, 0.6) is 11.5 Å². The number of aromatic nitrogens is 2. The van der Waals surface area contributed by atoms with Gasteiger partial charge in [0.15, 0.2) is 0 Å². The van der Waals surface area contributed by atoms with E-state index < -0.39 is 0 Å². The van der Waals surface area contributed by atoms with Gasteiger partial charge < -0.3 is 18.9 Å². The van der Waals surface area contributed by atoms with Crippen molar-refractivity contribution in [3.8, 4) is 11.5 Å². The molecule has 1 amide bonds. The summed E-state index contributed by atoms with van der Waals surface area (Å²) in [5, 5.41) is 0. The third-order valence-electron chi connectivity index (χ3n) is 6.17. The number of fused-ring (bicyclic) bond motifs is 1. The number of carbonyl (C=O) groups is 1. The molecule has 0 unspecified atom stereocenters. The van der Waals surface area contributed by atoms with Gasteiger partial charge in [-0.1, -0.05) is 12.1 Å². The largest absolute Gasteiger partial charge is 0.497 e. The van der Waals surface area contributed by atoms with E-state index in [2.05, 4.69) is 10.6 Å². The first-order valence-electron chi connectivity index (χ1n) is 11.4. The van der Waals surface area contributed by atoms with Gasteiger partial charge in [0.1, 0.15) is 23.1 Å². The Kier molecular flexibility index (Phi) is 6.16. The molecule has 1 fully saturated rings. The fourth-order valence-electron chi connectivity index (χ4n) is 4.48. The molecule has 0 aliphatic carbocycles. The van der Waals surface area contributed by atoms with Crippen LogP contribution in [0, 0.1) is 5.82 Å². The van der Waals surface area contributed by atoms with E-state index >= 15 is 0 Å². The number of carbonyl (C=O) groups excluding carboxylic acids is 1. The van der Waals surface area contributed by atoms with Gasteiger partial charge in [0.05, 0.1) is 24.8 Å². The summed E-state index contributed by atoms with van der Waals surface area (Å²) in [6.45, 7) is 1.81. The molecular formula is C27H26FN3O3. The SMILES string of the molecule is COc1ccc(OCCCn2c([C@H]3CC(=O)N(c4ccc(F)cc4)C3)nc3ccccc32)cc1. The molecule has 0 spiro atoms. The van der Waals surface area contributed by atoms with Crippen LogP contribution in [-0.4, -0.2) is 35.7 Å². The van der Waals surface area contributed by atoms with E-state index in [0.29, 0.717) is 25.3 Å². The van der Waals surface area contributed by atoms with Crippen LogP contribution in [-0.2, 0) is 11.3 Å². The second-order valence-electron chi connectivity index (χ2n) is 8.37. The maximum Gasteiger partial charge on any atom is 0.227 e. The molecule has 1 saturated heterocycles. The van der Waals surface area contributed by atoms with Gasteiger partial charge in [0, 0.05) is 31.1 Å². The first-order valence-corrected chi connectivity index (χ1v) is 11.4. The van der Waals surface area contributed by atoms with E-state index in [1.54, 1.807) is 24.1 Å². The molecule has 1 aromatic heterocycles. The van der Waals surface area contributed by atoms with Gasteiger partial charge >= 0.3 is 0 Å². The van der Waals surface area contributed by atoms with Gasteiger partial charge in [-0.3, -0.25) is 4.79 Å². The van der Waals surface area contributed by atoms with Crippen LogP contribution >= 0.6 is 0 Å². The molecule has 0 N–H and O–H groups in total. The number of halogens is 1. The second-order valence-corrected chi connectivity index (χ2v) is 8.37. The first kappa shape index (κ1) is 21.9. The van der Waals surface area contributed by atoms with Gasteiger partial charge in [0.2, 0.25) is 5.91 Å². The van der Waals surface area contributed by atoms with Crippen molar-refractivity contribution in [3.63, 3.8) is 0 Å². The van der Waals surface area contributed by atoms with E-state index in [9.17, 15) is 9.18 Å². The number of ether oxygens (including phenoxy) is 2. The van der Waals surface area contributed by atoms with Crippen LogP contribution in [0.15, 0.2) is 72.8 Å². The maximum absolute atomic E-state index is 13.3. The maximum atomic E-state index is 13.3. The summed E-state index contributed by atoms with van der Waals surface area (Å²) in [7, 11) is 1.64. The molecule has 1 aliphatic heterocycles. The number of rotatable bonds is 8. The molecule has 0 saturated carbocycles. The van der Waals surface area contributed by atoms with Crippen LogP contribution in [0.2, 0.25) is 0 Å². The molecular weight excluding hydrogens is 433 g/mol. The first-order chi connectivity index (χ1) is 16.6. The number of methoxy groups -OCH3 is 1. The molecule has 6 nitrogen and oxygen atoms in total. The fraction of sp³-hybridized carbons (Fsp3) is 0.259. The number of anilines is 1. The molecule has 34 heavy (non-hydrogen) atoms. The summed E-state index contributed by atoms with van der Waals surface area (Å²) in [4.78, 5) is 19.4. The Balaban J connectivity index is 1.32. The van der Waals surface area contributed by atoms with Crippen molar-refractivity contribution in [2.24, 2.45) is 0 Å². The lowest BCUT2D eigenvalue weighted by atomic mass is 10.1. The van der Waals surface area contributed by atoms with Crippen LogP contribution in [0.4, 0.5) is 10.1 Å². The van der Waals surface area contributed by atoms with Gasteiger partial charge in [-0.25, -0.2) is 9.37 Å². The molecule has 174 valence electrons. The Morgan fingerprint density at radius 1 is 1.00 bits per heavy atom. The lowest BCUT2D eigenvalue weighted by molar-refractivity contribution is -0.117. The number of hydrogen-bond acceptors (Lipinski definition) is 4. The molecule has 2 heterocycles. The fourth-order valence-corrected chi connectivity index (χ4v) is 4.48. The van der Waals surface area contributed by atoms with Crippen molar-refractivity contribution >= 4 is 22.6 Å². The third kappa shape index (κ3) is 4.46. The topological polar surface area (TPSA) is 56.6 Å². The van der Waals surface area contributed by atoms with Crippen molar-refractivity contribution in [2.75, 3.05) is 25.2 Å². The monoisotopic (exact) mass is 459 g/mol. The molecule has 5 rings (SSSR count). The lowest BCUT2D eigenvalue weighted by Crippen LogP contribution is -2.24. The molecule has 4 aromatic rings. The Bertz CT molecular complexity index is 1280.